The Hall–Kier alpha value is -3.80. The fourth-order valence-electron chi connectivity index (χ4n) is 3.48. The number of halogens is 2. The number of hydrogen-bond acceptors (Lipinski definition) is 5. The van der Waals surface area contributed by atoms with Crippen molar-refractivity contribution in [3.8, 4) is 17.6 Å². The molecule has 35 heavy (non-hydrogen) atoms. The number of carbonyl (C=O) groups excluding carboxylic acids is 2. The summed E-state index contributed by atoms with van der Waals surface area (Å²) in [5, 5.41) is 10.7. The van der Waals surface area contributed by atoms with Gasteiger partial charge in [0.2, 0.25) is 0 Å². The second-order valence-electron chi connectivity index (χ2n) is 7.39. The molecule has 0 saturated carbocycles. The van der Waals surface area contributed by atoms with E-state index in [1.165, 1.54) is 11.1 Å². The van der Waals surface area contributed by atoms with Crippen LogP contribution in [0, 0.1) is 11.3 Å². The van der Waals surface area contributed by atoms with Gasteiger partial charge in [0.1, 0.15) is 17.2 Å². The summed E-state index contributed by atoms with van der Waals surface area (Å²) in [5.41, 5.74) is 4.73. The fourth-order valence-corrected chi connectivity index (χ4v) is 4.15. The van der Waals surface area contributed by atoms with E-state index in [0.717, 1.165) is 0 Å². The normalized spacial score (nSPS) is 14.1. The Morgan fingerprint density at radius 1 is 1.11 bits per heavy atom. The van der Waals surface area contributed by atoms with E-state index in [4.69, 9.17) is 21.1 Å². The van der Waals surface area contributed by atoms with Crippen molar-refractivity contribution >= 4 is 51.1 Å². The molecule has 1 saturated heterocycles. The Morgan fingerprint density at radius 3 is 2.54 bits per heavy atom. The van der Waals surface area contributed by atoms with E-state index in [9.17, 15) is 14.9 Å². The largest absolute Gasteiger partial charge is 0.490 e. The number of benzene rings is 3. The maximum atomic E-state index is 13.0. The monoisotopic (exact) mass is 551 g/mol. The van der Waals surface area contributed by atoms with Crippen LogP contribution in [0.5, 0.6) is 11.5 Å². The fraction of sp³-hybridized carbons (Fsp3) is 0.115. The lowest BCUT2D eigenvalue weighted by Gasteiger charge is -2.17. The lowest BCUT2D eigenvalue weighted by Crippen LogP contribution is -2.35. The Kier molecular flexibility index (Phi) is 7.39. The number of ether oxygens (including phenoxy) is 2. The molecule has 4 rings (SSSR count). The smallest absolute Gasteiger partial charge is 0.282 e. The van der Waals surface area contributed by atoms with Crippen LogP contribution in [-0.2, 0) is 16.2 Å². The number of carbonyl (C=O) groups is 2. The summed E-state index contributed by atoms with van der Waals surface area (Å²) in [4.78, 5) is 25.6. The third-order valence-corrected chi connectivity index (χ3v) is 6.61. The SMILES string of the molecule is CCOc1cc(/C=C2/C(=O)NN(c3ccccc3)C2=O)c(Br)c(Cl)c1OCc1ccccc1C#N. The van der Waals surface area contributed by atoms with Crippen molar-refractivity contribution in [3.05, 3.63) is 92.4 Å². The lowest BCUT2D eigenvalue weighted by molar-refractivity contribution is -0.117. The van der Waals surface area contributed by atoms with Crippen LogP contribution in [0.3, 0.4) is 0 Å². The molecule has 1 fully saturated rings. The summed E-state index contributed by atoms with van der Waals surface area (Å²) < 4.78 is 12.1. The Balaban J connectivity index is 1.68. The summed E-state index contributed by atoms with van der Waals surface area (Å²) in [6.07, 6.45) is 1.45. The first kappa shape index (κ1) is 24.3. The Labute approximate surface area is 215 Å². The second-order valence-corrected chi connectivity index (χ2v) is 8.56. The van der Waals surface area contributed by atoms with Crippen molar-refractivity contribution in [2.24, 2.45) is 0 Å². The molecule has 1 N–H and O–H groups in total. The van der Waals surface area contributed by atoms with Crippen molar-refractivity contribution in [3.63, 3.8) is 0 Å². The van der Waals surface area contributed by atoms with E-state index < -0.39 is 11.8 Å². The third kappa shape index (κ3) is 5.02. The number of nitrogens with zero attached hydrogens (tertiary/aromatic N) is 2. The molecule has 0 aromatic heterocycles. The maximum Gasteiger partial charge on any atom is 0.282 e. The molecule has 0 spiro atoms. The molecule has 2 amide bonds. The van der Waals surface area contributed by atoms with E-state index in [1.807, 2.05) is 19.1 Å². The number of amides is 2. The zero-order valence-electron chi connectivity index (χ0n) is 18.5. The minimum Gasteiger partial charge on any atom is -0.490 e. The van der Waals surface area contributed by atoms with Crippen molar-refractivity contribution in [2.75, 3.05) is 11.6 Å². The lowest BCUT2D eigenvalue weighted by atomic mass is 10.1. The van der Waals surface area contributed by atoms with Crippen LogP contribution >= 0.6 is 27.5 Å². The van der Waals surface area contributed by atoms with Gasteiger partial charge in [-0.2, -0.15) is 5.26 Å². The molecule has 0 atom stereocenters. The van der Waals surface area contributed by atoms with Gasteiger partial charge >= 0.3 is 0 Å². The first-order chi connectivity index (χ1) is 16.9. The van der Waals surface area contributed by atoms with Crippen molar-refractivity contribution in [1.82, 2.24) is 5.43 Å². The van der Waals surface area contributed by atoms with Crippen molar-refractivity contribution in [1.29, 1.82) is 5.26 Å². The highest BCUT2D eigenvalue weighted by Gasteiger charge is 2.34. The molecule has 1 heterocycles. The molecular formula is C26H19BrClN3O4. The molecular weight excluding hydrogens is 534 g/mol. The number of nitrogens with one attached hydrogen (secondary N) is 1. The first-order valence-electron chi connectivity index (χ1n) is 10.6. The maximum absolute atomic E-state index is 13.0. The van der Waals surface area contributed by atoms with Crippen LogP contribution in [0.4, 0.5) is 5.69 Å². The van der Waals surface area contributed by atoms with Gasteiger partial charge in [0, 0.05) is 10.0 Å². The standard InChI is InChI=1S/C26H19BrClN3O4/c1-2-34-21-13-18(12-20-25(32)30-31(26(20)33)19-10-4-3-5-11-19)22(27)23(28)24(21)35-15-17-9-7-6-8-16(17)14-29/h3-13H,2,15H2,1H3,(H,30,32)/b20-12-. The highest BCUT2D eigenvalue weighted by molar-refractivity contribution is 9.10. The third-order valence-electron chi connectivity index (χ3n) is 5.17. The molecule has 3 aromatic carbocycles. The second kappa shape index (κ2) is 10.6. The van der Waals surface area contributed by atoms with E-state index >= 15 is 0 Å². The predicted molar refractivity (Wildman–Crippen MR) is 136 cm³/mol. The van der Waals surface area contributed by atoms with E-state index in [-0.39, 0.29) is 23.0 Å². The molecule has 0 bridgehead atoms. The van der Waals surface area contributed by atoms with Crippen molar-refractivity contribution < 1.29 is 19.1 Å². The van der Waals surface area contributed by atoms with Gasteiger partial charge in [0.25, 0.3) is 11.8 Å². The van der Waals surface area contributed by atoms with Crippen LogP contribution in [0.25, 0.3) is 6.08 Å². The van der Waals surface area contributed by atoms with Crippen LogP contribution in [0.15, 0.2) is 70.7 Å². The molecule has 1 aliphatic heterocycles. The zero-order valence-corrected chi connectivity index (χ0v) is 20.9. The minimum atomic E-state index is -0.534. The van der Waals surface area contributed by atoms with Crippen LogP contribution < -0.4 is 19.9 Å². The van der Waals surface area contributed by atoms with Gasteiger partial charge in [-0.05, 0) is 58.8 Å². The van der Waals surface area contributed by atoms with Crippen LogP contribution in [0.1, 0.15) is 23.6 Å². The molecule has 0 radical (unpaired) electrons. The molecule has 1 aliphatic rings. The molecule has 0 unspecified atom stereocenters. The number of anilines is 1. The molecule has 3 aromatic rings. The average Bonchev–Trinajstić information content (AvgIpc) is 3.16. The molecule has 0 aliphatic carbocycles. The summed E-state index contributed by atoms with van der Waals surface area (Å²) in [6, 6.07) is 19.7. The van der Waals surface area contributed by atoms with Crippen molar-refractivity contribution in [2.45, 2.75) is 13.5 Å². The van der Waals surface area contributed by atoms with Gasteiger partial charge in [0.15, 0.2) is 11.5 Å². The number of para-hydroxylation sites is 1. The number of rotatable bonds is 7. The van der Waals surface area contributed by atoms with E-state index in [2.05, 4.69) is 27.4 Å². The van der Waals surface area contributed by atoms with Gasteiger partial charge in [-0.1, -0.05) is 48.0 Å². The topological polar surface area (TPSA) is 91.7 Å². The quantitative estimate of drug-likeness (QED) is 0.312. The highest BCUT2D eigenvalue weighted by atomic mass is 79.9. The van der Waals surface area contributed by atoms with E-state index in [1.54, 1.807) is 48.5 Å². The summed E-state index contributed by atoms with van der Waals surface area (Å²) in [7, 11) is 0. The number of hydrogen-bond donors (Lipinski definition) is 1. The summed E-state index contributed by atoms with van der Waals surface area (Å²) in [5.74, 6) is -0.403. The van der Waals surface area contributed by atoms with E-state index in [0.29, 0.717) is 39.2 Å². The van der Waals surface area contributed by atoms with Gasteiger partial charge in [-0.3, -0.25) is 15.0 Å². The number of nitriles is 1. The Bertz CT molecular complexity index is 1370. The number of hydrazine groups is 1. The van der Waals surface area contributed by atoms with Gasteiger partial charge in [-0.25, -0.2) is 5.01 Å². The van der Waals surface area contributed by atoms with Gasteiger partial charge in [-0.15, -0.1) is 0 Å². The average molecular weight is 553 g/mol. The van der Waals surface area contributed by atoms with Gasteiger partial charge < -0.3 is 9.47 Å². The minimum absolute atomic E-state index is 0.0512. The van der Waals surface area contributed by atoms with Crippen LogP contribution in [0.2, 0.25) is 5.02 Å². The first-order valence-corrected chi connectivity index (χ1v) is 11.8. The summed E-state index contributed by atoms with van der Waals surface area (Å²) >= 11 is 10.1. The predicted octanol–water partition coefficient (Wildman–Crippen LogP) is 5.41. The molecule has 9 heteroatoms. The molecule has 7 nitrogen and oxygen atoms in total. The van der Waals surface area contributed by atoms with Gasteiger partial charge in [0.05, 0.1) is 23.9 Å². The van der Waals surface area contributed by atoms with Crippen LogP contribution in [-0.4, -0.2) is 18.4 Å². The zero-order chi connectivity index (χ0) is 24.9. The Morgan fingerprint density at radius 2 is 1.83 bits per heavy atom. The highest BCUT2D eigenvalue weighted by Crippen LogP contribution is 2.44. The molecule has 176 valence electrons. The summed E-state index contributed by atoms with van der Waals surface area (Å²) in [6.45, 7) is 2.25.